The number of imidazole rings is 1. The van der Waals surface area contributed by atoms with E-state index >= 15 is 0 Å². The number of aromatic nitrogens is 5. The first-order valence-corrected chi connectivity index (χ1v) is 15.1. The van der Waals surface area contributed by atoms with Crippen LogP contribution in [0.3, 0.4) is 0 Å². The first-order chi connectivity index (χ1) is 21.5. The summed E-state index contributed by atoms with van der Waals surface area (Å²) in [5, 5.41) is 20.6. The van der Waals surface area contributed by atoms with Crippen molar-refractivity contribution in [2.75, 3.05) is 6.54 Å². The number of aromatic amines is 1. The number of carbonyl (C=O) groups excluding carboxylic acids is 2. The Bertz CT molecular complexity index is 1680. The van der Waals surface area contributed by atoms with Gasteiger partial charge in [-0.25, -0.2) is 27.8 Å². The molecule has 0 aromatic carbocycles. The van der Waals surface area contributed by atoms with Gasteiger partial charge in [-0.2, -0.15) is 13.2 Å². The molecule has 11 nitrogen and oxygen atoms in total. The number of carbonyl (C=O) groups is 2. The Hall–Kier alpha value is -3.76. The van der Waals surface area contributed by atoms with Crippen LogP contribution in [0.4, 0.5) is 26.3 Å². The fourth-order valence-corrected chi connectivity index (χ4v) is 7.66. The highest BCUT2D eigenvalue weighted by Crippen LogP contribution is 2.70. The zero-order valence-electron chi connectivity index (χ0n) is 24.6. The third-order valence-corrected chi connectivity index (χ3v) is 10.3. The van der Waals surface area contributed by atoms with Gasteiger partial charge in [0.2, 0.25) is 11.8 Å². The Labute approximate surface area is 257 Å². The molecule has 0 radical (unpaired) electrons. The Balaban J connectivity index is 1.21. The molecule has 5 aliphatic rings. The van der Waals surface area contributed by atoms with Crippen molar-refractivity contribution in [2.45, 2.75) is 100 Å². The normalized spacial score (nSPS) is 31.7. The van der Waals surface area contributed by atoms with Gasteiger partial charge < -0.3 is 20.3 Å². The standard InChI is InChI=1S/C29H31F6N7O4/c1-14-19(41-46-40-14)23(43)38-20(15-4-6-28(31,32)7-5-15)22-37-17-3-2-16(36-21(17)39-22)18-10-27(45,29(33,34)35)8-9-42(18)24(44)25-11-26(30,12-25)13-25/h2-3,15,18,20,45H,4-13H2,1H3,(H,38,43)(H,36,37,39)/t18-,20+,25?,26?,27-/m1/s1. The van der Waals surface area contributed by atoms with Gasteiger partial charge in [0.15, 0.2) is 16.9 Å². The van der Waals surface area contributed by atoms with Crippen LogP contribution in [0.15, 0.2) is 16.8 Å². The number of rotatable bonds is 6. The van der Waals surface area contributed by atoms with Crippen LogP contribution >= 0.6 is 0 Å². The van der Waals surface area contributed by atoms with E-state index in [0.29, 0.717) is 5.52 Å². The zero-order chi connectivity index (χ0) is 32.9. The Morgan fingerprint density at radius 2 is 1.78 bits per heavy atom. The predicted molar refractivity (Wildman–Crippen MR) is 145 cm³/mol. The number of amides is 2. The van der Waals surface area contributed by atoms with Crippen molar-refractivity contribution in [3.8, 4) is 0 Å². The Morgan fingerprint density at radius 3 is 2.39 bits per heavy atom. The fraction of sp³-hybridized carbons (Fsp3) is 0.655. The van der Waals surface area contributed by atoms with Gasteiger partial charge in [0, 0.05) is 32.2 Å². The van der Waals surface area contributed by atoms with E-state index in [1.54, 1.807) is 0 Å². The van der Waals surface area contributed by atoms with Gasteiger partial charge in [-0.1, -0.05) is 5.16 Å². The third-order valence-electron chi connectivity index (χ3n) is 10.3. The first kappa shape index (κ1) is 30.9. The number of nitrogens with zero attached hydrogens (tertiary/aromatic N) is 5. The number of aryl methyl sites for hydroxylation is 1. The minimum atomic E-state index is -4.97. The maximum absolute atomic E-state index is 14.3. The second-order valence-corrected chi connectivity index (χ2v) is 13.5. The number of piperidine rings is 1. The van der Waals surface area contributed by atoms with Crippen LogP contribution in [0.1, 0.15) is 97.6 Å². The molecule has 8 rings (SSSR count). The van der Waals surface area contributed by atoms with Gasteiger partial charge in [-0.3, -0.25) is 9.59 Å². The summed E-state index contributed by atoms with van der Waals surface area (Å²) < 4.78 is 88.9. The highest BCUT2D eigenvalue weighted by Gasteiger charge is 2.74. The van der Waals surface area contributed by atoms with E-state index in [2.05, 4.69) is 35.2 Å². The molecular formula is C29H31F6N7O4. The molecule has 4 aliphatic carbocycles. The van der Waals surface area contributed by atoms with Gasteiger partial charge in [-0.05, 0) is 62.2 Å². The number of likely N-dealkylation sites (tertiary alicyclic amines) is 1. The molecule has 17 heteroatoms. The maximum Gasteiger partial charge on any atom is 0.417 e. The van der Waals surface area contributed by atoms with Crippen molar-refractivity contribution >= 4 is 23.0 Å². The molecule has 5 fully saturated rings. The Morgan fingerprint density at radius 1 is 1.09 bits per heavy atom. The zero-order valence-corrected chi connectivity index (χ0v) is 24.6. The number of hydrogen-bond donors (Lipinski definition) is 3. The summed E-state index contributed by atoms with van der Waals surface area (Å²) in [6.45, 7) is 1.11. The van der Waals surface area contributed by atoms with Crippen LogP contribution in [0.2, 0.25) is 0 Å². The summed E-state index contributed by atoms with van der Waals surface area (Å²) in [6.07, 6.45) is -7.15. The number of alkyl halides is 6. The molecule has 0 spiro atoms. The lowest BCUT2D eigenvalue weighted by Gasteiger charge is -2.65. The molecule has 3 aromatic rings. The monoisotopic (exact) mass is 655 g/mol. The van der Waals surface area contributed by atoms with Gasteiger partial charge in [-0.15, -0.1) is 0 Å². The first-order valence-electron chi connectivity index (χ1n) is 15.1. The highest BCUT2D eigenvalue weighted by atomic mass is 19.4. The van der Waals surface area contributed by atoms with Crippen molar-refractivity contribution < 1.29 is 45.7 Å². The average molecular weight is 656 g/mol. The highest BCUT2D eigenvalue weighted by molar-refractivity contribution is 5.93. The van der Waals surface area contributed by atoms with E-state index in [1.165, 1.54) is 24.0 Å². The number of hydrogen-bond acceptors (Lipinski definition) is 8. The second kappa shape index (κ2) is 10.1. The minimum absolute atomic E-state index is 0.0188. The number of nitrogens with one attached hydrogen (secondary N) is 2. The minimum Gasteiger partial charge on any atom is -0.380 e. The van der Waals surface area contributed by atoms with Crippen molar-refractivity contribution in [1.29, 1.82) is 0 Å². The van der Waals surface area contributed by atoms with Crippen molar-refractivity contribution in [1.82, 2.24) is 35.5 Å². The lowest BCUT2D eigenvalue weighted by molar-refractivity contribution is -0.280. The van der Waals surface area contributed by atoms with Crippen molar-refractivity contribution in [3.05, 3.63) is 35.0 Å². The molecule has 0 unspecified atom stereocenters. The van der Waals surface area contributed by atoms with Crippen LogP contribution < -0.4 is 5.32 Å². The molecule has 3 aromatic heterocycles. The SMILES string of the molecule is Cc1nonc1C(=O)N[C@H](c1nc2nc([C@H]3C[C@@](O)(C(F)(F)F)CCN3C(=O)C34CC(F)(C3)C4)ccc2[nH]1)C1CCC(F)(F)CC1. The third kappa shape index (κ3) is 5.01. The maximum atomic E-state index is 14.3. The molecule has 4 saturated carbocycles. The number of halogens is 6. The van der Waals surface area contributed by atoms with Crippen LogP contribution in [0, 0.1) is 18.3 Å². The predicted octanol–water partition coefficient (Wildman–Crippen LogP) is 4.80. The smallest absolute Gasteiger partial charge is 0.380 e. The van der Waals surface area contributed by atoms with Crippen LogP contribution in [0.25, 0.3) is 11.2 Å². The lowest BCUT2D eigenvalue weighted by atomic mass is 9.41. The number of aliphatic hydroxyl groups is 1. The van der Waals surface area contributed by atoms with E-state index in [9.17, 15) is 41.0 Å². The van der Waals surface area contributed by atoms with E-state index < -0.39 is 90.8 Å². The molecule has 1 aliphatic heterocycles. The van der Waals surface area contributed by atoms with E-state index in [4.69, 9.17) is 0 Å². The second-order valence-electron chi connectivity index (χ2n) is 13.5. The molecular weight excluding hydrogens is 624 g/mol. The largest absolute Gasteiger partial charge is 0.417 e. The van der Waals surface area contributed by atoms with Crippen molar-refractivity contribution in [2.24, 2.45) is 11.3 Å². The molecule has 2 amide bonds. The molecule has 4 heterocycles. The summed E-state index contributed by atoms with van der Waals surface area (Å²) >= 11 is 0. The van der Waals surface area contributed by atoms with Gasteiger partial charge >= 0.3 is 6.18 Å². The molecule has 3 atom stereocenters. The molecule has 3 N–H and O–H groups in total. The molecule has 248 valence electrons. The molecule has 46 heavy (non-hydrogen) atoms. The number of pyridine rings is 1. The van der Waals surface area contributed by atoms with E-state index in [0.717, 1.165) is 0 Å². The van der Waals surface area contributed by atoms with Crippen molar-refractivity contribution in [3.63, 3.8) is 0 Å². The number of H-pyrrole nitrogens is 1. The van der Waals surface area contributed by atoms with Crippen LogP contribution in [0.5, 0.6) is 0 Å². The Kier molecular flexibility index (Phi) is 6.79. The van der Waals surface area contributed by atoms with E-state index in [1.807, 2.05) is 0 Å². The fourth-order valence-electron chi connectivity index (χ4n) is 7.66. The lowest BCUT2D eigenvalue weighted by Crippen LogP contribution is -2.71. The van der Waals surface area contributed by atoms with Gasteiger partial charge in [0.1, 0.15) is 17.2 Å². The molecule has 2 bridgehead atoms. The van der Waals surface area contributed by atoms with Crippen LogP contribution in [-0.2, 0) is 4.79 Å². The van der Waals surface area contributed by atoms with Gasteiger partial charge in [0.05, 0.1) is 28.7 Å². The van der Waals surface area contributed by atoms with Gasteiger partial charge in [0.25, 0.3) is 5.91 Å². The summed E-state index contributed by atoms with van der Waals surface area (Å²) in [4.78, 5) is 40.0. The summed E-state index contributed by atoms with van der Waals surface area (Å²) in [6, 6.07) is 0.767. The summed E-state index contributed by atoms with van der Waals surface area (Å²) in [5.41, 5.74) is -4.87. The average Bonchev–Trinajstić information content (AvgIpc) is 3.58. The van der Waals surface area contributed by atoms with E-state index in [-0.39, 0.29) is 60.7 Å². The summed E-state index contributed by atoms with van der Waals surface area (Å²) in [7, 11) is 0. The topological polar surface area (TPSA) is 150 Å². The quantitative estimate of drug-likeness (QED) is 0.321. The molecule has 1 saturated heterocycles. The van der Waals surface area contributed by atoms with Crippen LogP contribution in [-0.4, -0.2) is 77.0 Å². The number of fused-ring (bicyclic) bond motifs is 1. The summed E-state index contributed by atoms with van der Waals surface area (Å²) in [5.74, 6) is -4.23.